The van der Waals surface area contributed by atoms with Gasteiger partial charge in [-0.05, 0) is 47.0 Å². The Morgan fingerprint density at radius 3 is 2.58 bits per heavy atom. The molecule has 8 heteroatoms. The number of halogens is 1. The number of fused-ring (bicyclic) bond motifs is 2. The fraction of sp³-hybridized carbons (Fsp3) is 0.304. The van der Waals surface area contributed by atoms with Crippen LogP contribution in [0.15, 0.2) is 46.9 Å². The highest BCUT2D eigenvalue weighted by Gasteiger charge is 2.30. The third kappa shape index (κ3) is 3.54. The third-order valence-electron chi connectivity index (χ3n) is 6.04. The van der Waals surface area contributed by atoms with Gasteiger partial charge in [-0.3, -0.25) is 9.59 Å². The molecule has 2 aliphatic heterocycles. The van der Waals surface area contributed by atoms with Gasteiger partial charge in [-0.1, -0.05) is 18.2 Å². The van der Waals surface area contributed by atoms with E-state index in [-0.39, 0.29) is 24.5 Å². The lowest BCUT2D eigenvalue weighted by Gasteiger charge is -2.31. The quantitative estimate of drug-likeness (QED) is 0.606. The Morgan fingerprint density at radius 1 is 1.06 bits per heavy atom. The Bertz CT molecular complexity index is 1140. The summed E-state index contributed by atoms with van der Waals surface area (Å²) in [5.74, 6) is 1.14. The van der Waals surface area contributed by atoms with Crippen molar-refractivity contribution < 1.29 is 19.1 Å². The number of carbonyl (C=O) groups is 2. The molecule has 160 valence electrons. The number of amides is 2. The molecular weight excluding hydrogens is 462 g/mol. The molecule has 1 saturated heterocycles. The van der Waals surface area contributed by atoms with Crippen LogP contribution in [0.4, 0.5) is 5.69 Å². The van der Waals surface area contributed by atoms with E-state index in [2.05, 4.69) is 21.2 Å². The van der Waals surface area contributed by atoms with Gasteiger partial charge < -0.3 is 24.3 Å². The Labute approximate surface area is 188 Å². The zero-order valence-electron chi connectivity index (χ0n) is 17.1. The summed E-state index contributed by atoms with van der Waals surface area (Å²) in [7, 11) is 1.91. The maximum Gasteiger partial charge on any atom is 0.271 e. The predicted molar refractivity (Wildman–Crippen MR) is 120 cm³/mol. The number of rotatable bonds is 3. The number of nitrogens with one attached hydrogen (secondary N) is 1. The minimum absolute atomic E-state index is 0.0137. The predicted octanol–water partition coefficient (Wildman–Crippen LogP) is 4.16. The first-order valence-electron chi connectivity index (χ1n) is 10.3. The number of anilines is 1. The number of likely N-dealkylation sites (tertiary alicyclic amines) is 1. The Kier molecular flexibility index (Phi) is 5.09. The Hall–Kier alpha value is -3.00. The van der Waals surface area contributed by atoms with Crippen LogP contribution in [0.5, 0.6) is 11.5 Å². The molecule has 31 heavy (non-hydrogen) atoms. The zero-order chi connectivity index (χ0) is 21.5. The lowest BCUT2D eigenvalue weighted by Crippen LogP contribution is -2.42. The fourth-order valence-corrected chi connectivity index (χ4v) is 5.07. The smallest absolute Gasteiger partial charge is 0.271 e. The second kappa shape index (κ2) is 7.92. The summed E-state index contributed by atoms with van der Waals surface area (Å²) in [5, 5.41) is 3.98. The summed E-state index contributed by atoms with van der Waals surface area (Å²) in [5.41, 5.74) is 2.34. The van der Waals surface area contributed by atoms with Crippen molar-refractivity contribution in [2.24, 2.45) is 13.0 Å². The van der Waals surface area contributed by atoms with E-state index in [0.717, 1.165) is 15.4 Å². The van der Waals surface area contributed by atoms with E-state index in [1.165, 1.54) is 0 Å². The second-order valence-electron chi connectivity index (χ2n) is 7.86. The highest BCUT2D eigenvalue weighted by atomic mass is 79.9. The first kappa shape index (κ1) is 19.9. The van der Waals surface area contributed by atoms with Gasteiger partial charge in [-0.2, -0.15) is 0 Å². The van der Waals surface area contributed by atoms with Crippen molar-refractivity contribution in [1.82, 2.24) is 9.47 Å². The van der Waals surface area contributed by atoms with Gasteiger partial charge in [0.25, 0.3) is 5.91 Å². The van der Waals surface area contributed by atoms with E-state index in [0.29, 0.717) is 48.8 Å². The van der Waals surface area contributed by atoms with Gasteiger partial charge in [0.15, 0.2) is 11.5 Å². The van der Waals surface area contributed by atoms with Gasteiger partial charge in [0.2, 0.25) is 12.7 Å². The second-order valence-corrected chi connectivity index (χ2v) is 8.66. The summed E-state index contributed by atoms with van der Waals surface area (Å²) in [4.78, 5) is 27.8. The molecule has 3 aromatic rings. The molecule has 2 aromatic carbocycles. The average Bonchev–Trinajstić information content (AvgIpc) is 3.36. The molecule has 0 atom stereocenters. The van der Waals surface area contributed by atoms with Gasteiger partial charge in [-0.15, -0.1) is 0 Å². The number of para-hydroxylation sites is 1. The number of aryl methyl sites for hydroxylation is 1. The van der Waals surface area contributed by atoms with Crippen molar-refractivity contribution in [2.45, 2.75) is 12.8 Å². The van der Waals surface area contributed by atoms with Crippen LogP contribution in [0, 0.1) is 5.92 Å². The van der Waals surface area contributed by atoms with Crippen molar-refractivity contribution >= 4 is 44.3 Å². The lowest BCUT2D eigenvalue weighted by atomic mass is 9.95. The van der Waals surface area contributed by atoms with E-state index in [9.17, 15) is 9.59 Å². The monoisotopic (exact) mass is 483 g/mol. The van der Waals surface area contributed by atoms with Crippen LogP contribution in [0.1, 0.15) is 23.3 Å². The molecule has 3 heterocycles. The minimum Gasteiger partial charge on any atom is -0.454 e. The van der Waals surface area contributed by atoms with E-state index in [1.807, 2.05) is 46.8 Å². The summed E-state index contributed by atoms with van der Waals surface area (Å²) < 4.78 is 13.4. The highest BCUT2D eigenvalue weighted by Crippen LogP contribution is 2.35. The van der Waals surface area contributed by atoms with Crippen molar-refractivity contribution in [2.75, 3.05) is 25.2 Å². The van der Waals surface area contributed by atoms with Gasteiger partial charge in [0.1, 0.15) is 5.69 Å². The molecular formula is C23H22BrN3O4. The average molecular weight is 484 g/mol. The number of benzene rings is 2. The standard InChI is InChI=1S/C23H22BrN3O4/c1-26-17-5-3-2-4-16(17)20(24)21(26)23(29)27-10-8-14(9-11-27)22(28)25-15-6-7-18-19(12-15)31-13-30-18/h2-7,12,14H,8-11,13H2,1H3,(H,25,28). The maximum atomic E-state index is 13.2. The molecule has 2 aliphatic rings. The number of aromatic nitrogens is 1. The van der Waals surface area contributed by atoms with E-state index in [1.54, 1.807) is 12.1 Å². The minimum atomic E-state index is -0.134. The molecule has 2 amide bonds. The van der Waals surface area contributed by atoms with Crippen molar-refractivity contribution in [3.63, 3.8) is 0 Å². The largest absolute Gasteiger partial charge is 0.454 e. The first-order chi connectivity index (χ1) is 15.0. The highest BCUT2D eigenvalue weighted by molar-refractivity contribution is 9.10. The van der Waals surface area contributed by atoms with Crippen LogP contribution in [0.25, 0.3) is 10.9 Å². The van der Waals surface area contributed by atoms with Crippen LogP contribution >= 0.6 is 15.9 Å². The van der Waals surface area contributed by atoms with Gasteiger partial charge in [0.05, 0.1) is 4.47 Å². The van der Waals surface area contributed by atoms with Crippen LogP contribution in [0.3, 0.4) is 0 Å². The van der Waals surface area contributed by atoms with Crippen molar-refractivity contribution in [3.8, 4) is 11.5 Å². The van der Waals surface area contributed by atoms with Gasteiger partial charge >= 0.3 is 0 Å². The molecule has 1 N–H and O–H groups in total. The van der Waals surface area contributed by atoms with Crippen LogP contribution in [0.2, 0.25) is 0 Å². The van der Waals surface area contributed by atoms with Crippen LogP contribution < -0.4 is 14.8 Å². The van der Waals surface area contributed by atoms with E-state index < -0.39 is 0 Å². The fourth-order valence-electron chi connectivity index (χ4n) is 4.30. The molecule has 0 aliphatic carbocycles. The summed E-state index contributed by atoms with van der Waals surface area (Å²) in [6.07, 6.45) is 1.26. The van der Waals surface area contributed by atoms with Crippen molar-refractivity contribution in [1.29, 1.82) is 0 Å². The number of hydrogen-bond donors (Lipinski definition) is 1. The lowest BCUT2D eigenvalue weighted by molar-refractivity contribution is -0.121. The van der Waals surface area contributed by atoms with E-state index >= 15 is 0 Å². The molecule has 0 bridgehead atoms. The van der Waals surface area contributed by atoms with Gasteiger partial charge in [0, 0.05) is 48.7 Å². The van der Waals surface area contributed by atoms with Crippen LogP contribution in [-0.2, 0) is 11.8 Å². The summed E-state index contributed by atoms with van der Waals surface area (Å²) in [6, 6.07) is 13.3. The number of hydrogen-bond acceptors (Lipinski definition) is 4. The van der Waals surface area contributed by atoms with E-state index in [4.69, 9.17) is 9.47 Å². The molecule has 0 spiro atoms. The molecule has 7 nitrogen and oxygen atoms in total. The van der Waals surface area contributed by atoms with Crippen molar-refractivity contribution in [3.05, 3.63) is 52.6 Å². The third-order valence-corrected chi connectivity index (χ3v) is 6.84. The number of nitrogens with zero attached hydrogens (tertiary/aromatic N) is 2. The molecule has 1 fully saturated rings. The number of piperidine rings is 1. The first-order valence-corrected chi connectivity index (χ1v) is 11.0. The molecule has 1 aromatic heterocycles. The summed E-state index contributed by atoms with van der Waals surface area (Å²) >= 11 is 3.61. The Morgan fingerprint density at radius 2 is 1.81 bits per heavy atom. The van der Waals surface area contributed by atoms with Crippen LogP contribution in [-0.4, -0.2) is 41.2 Å². The normalized spacial score (nSPS) is 16.0. The summed E-state index contributed by atoms with van der Waals surface area (Å²) in [6.45, 7) is 1.30. The maximum absolute atomic E-state index is 13.2. The molecule has 0 unspecified atom stereocenters. The Balaban J connectivity index is 1.24. The molecule has 0 saturated carbocycles. The number of carbonyl (C=O) groups excluding carboxylic acids is 2. The zero-order valence-corrected chi connectivity index (χ0v) is 18.6. The van der Waals surface area contributed by atoms with Gasteiger partial charge in [-0.25, -0.2) is 0 Å². The molecule has 5 rings (SSSR count). The number of ether oxygens (including phenoxy) is 2. The topological polar surface area (TPSA) is 72.8 Å². The SMILES string of the molecule is Cn1c(C(=O)N2CCC(C(=O)Nc3ccc4c(c3)OCO4)CC2)c(Br)c2ccccc21. The molecule has 0 radical (unpaired) electrons.